The van der Waals surface area contributed by atoms with Crippen molar-refractivity contribution in [1.82, 2.24) is 4.72 Å². The second-order valence-corrected chi connectivity index (χ2v) is 5.37. The van der Waals surface area contributed by atoms with E-state index in [0.29, 0.717) is 32.2 Å². The summed E-state index contributed by atoms with van der Waals surface area (Å²) in [6, 6.07) is 0. The van der Waals surface area contributed by atoms with Crippen LogP contribution in [0, 0.1) is 5.92 Å². The van der Waals surface area contributed by atoms with Crippen LogP contribution in [0.5, 0.6) is 0 Å². The van der Waals surface area contributed by atoms with Crippen LogP contribution in [0.1, 0.15) is 12.8 Å². The van der Waals surface area contributed by atoms with Crippen LogP contribution in [-0.2, 0) is 14.8 Å². The number of nitrogens with two attached hydrogens (primary N) is 1. The Morgan fingerprint density at radius 3 is 2.64 bits per heavy atom. The normalized spacial score (nSPS) is 17.2. The van der Waals surface area contributed by atoms with Crippen molar-refractivity contribution in [3.8, 4) is 0 Å². The molecule has 0 heterocycles. The van der Waals surface area contributed by atoms with Gasteiger partial charge in [-0.1, -0.05) is 0 Å². The van der Waals surface area contributed by atoms with Crippen LogP contribution < -0.4 is 10.5 Å². The molecule has 1 aliphatic rings. The van der Waals surface area contributed by atoms with Gasteiger partial charge in [0.1, 0.15) is 0 Å². The molecule has 0 unspecified atom stereocenters. The number of ether oxygens (including phenoxy) is 1. The van der Waals surface area contributed by atoms with Gasteiger partial charge in [-0.3, -0.25) is 0 Å². The molecule has 0 radical (unpaired) electrons. The van der Waals surface area contributed by atoms with Crippen LogP contribution in [0.2, 0.25) is 0 Å². The molecule has 1 fully saturated rings. The molecular weight excluding hydrogens is 204 g/mol. The molecule has 5 nitrogen and oxygen atoms in total. The van der Waals surface area contributed by atoms with Crippen molar-refractivity contribution in [1.29, 1.82) is 0 Å². The molecule has 0 spiro atoms. The monoisotopic (exact) mass is 222 g/mol. The van der Waals surface area contributed by atoms with E-state index >= 15 is 0 Å². The number of sulfonamides is 1. The van der Waals surface area contributed by atoms with Gasteiger partial charge in [0.25, 0.3) is 0 Å². The smallest absolute Gasteiger partial charge is 0.211 e. The van der Waals surface area contributed by atoms with Crippen molar-refractivity contribution in [2.75, 3.05) is 32.1 Å². The second kappa shape index (κ2) is 5.65. The Kier molecular flexibility index (Phi) is 4.80. The van der Waals surface area contributed by atoms with E-state index in [2.05, 4.69) is 4.72 Å². The Bertz CT molecular complexity index is 249. The summed E-state index contributed by atoms with van der Waals surface area (Å²) in [5.74, 6) is 0.654. The maximum Gasteiger partial charge on any atom is 0.211 e. The molecule has 0 aromatic carbocycles. The van der Waals surface area contributed by atoms with Crippen LogP contribution in [-0.4, -0.2) is 40.5 Å². The lowest BCUT2D eigenvalue weighted by molar-refractivity contribution is 0.147. The number of hydrogen-bond acceptors (Lipinski definition) is 4. The van der Waals surface area contributed by atoms with E-state index in [1.54, 1.807) is 0 Å². The zero-order valence-electron chi connectivity index (χ0n) is 8.24. The summed E-state index contributed by atoms with van der Waals surface area (Å²) < 4.78 is 30.2. The topological polar surface area (TPSA) is 81.4 Å². The first-order chi connectivity index (χ1) is 6.64. The van der Waals surface area contributed by atoms with Gasteiger partial charge in [0.15, 0.2) is 0 Å². The molecule has 0 aromatic heterocycles. The molecule has 0 amide bonds. The summed E-state index contributed by atoms with van der Waals surface area (Å²) in [5, 5.41) is 0. The fraction of sp³-hybridized carbons (Fsp3) is 1.00. The zero-order valence-corrected chi connectivity index (χ0v) is 9.05. The molecule has 1 rings (SSSR count). The van der Waals surface area contributed by atoms with Crippen molar-refractivity contribution in [3.63, 3.8) is 0 Å². The van der Waals surface area contributed by atoms with E-state index in [4.69, 9.17) is 10.5 Å². The standard InChI is InChI=1S/C8H18N2O3S/c9-3-5-13-6-4-10-14(11,12)7-8-1-2-8/h8,10H,1-7,9H2. The fourth-order valence-electron chi connectivity index (χ4n) is 1.11. The van der Waals surface area contributed by atoms with Gasteiger partial charge in [-0.25, -0.2) is 13.1 Å². The van der Waals surface area contributed by atoms with Gasteiger partial charge in [-0.15, -0.1) is 0 Å². The van der Waals surface area contributed by atoms with E-state index in [9.17, 15) is 8.42 Å². The predicted molar refractivity (Wildman–Crippen MR) is 54.4 cm³/mol. The lowest BCUT2D eigenvalue weighted by Gasteiger charge is -2.05. The van der Waals surface area contributed by atoms with Gasteiger partial charge in [-0.05, 0) is 18.8 Å². The quantitative estimate of drug-likeness (QED) is 0.532. The summed E-state index contributed by atoms with van der Waals surface area (Å²) in [4.78, 5) is 0. The van der Waals surface area contributed by atoms with Crippen molar-refractivity contribution >= 4 is 10.0 Å². The van der Waals surface area contributed by atoms with Gasteiger partial charge < -0.3 is 10.5 Å². The van der Waals surface area contributed by atoms with Crippen molar-refractivity contribution in [2.45, 2.75) is 12.8 Å². The van der Waals surface area contributed by atoms with Gasteiger partial charge in [-0.2, -0.15) is 0 Å². The lowest BCUT2D eigenvalue weighted by atomic mass is 10.5. The van der Waals surface area contributed by atoms with Crippen LogP contribution in [0.3, 0.4) is 0 Å². The number of hydrogen-bond donors (Lipinski definition) is 2. The largest absolute Gasteiger partial charge is 0.379 e. The highest BCUT2D eigenvalue weighted by atomic mass is 32.2. The first kappa shape index (κ1) is 11.9. The average molecular weight is 222 g/mol. The molecule has 84 valence electrons. The highest BCUT2D eigenvalue weighted by Gasteiger charge is 2.27. The summed E-state index contributed by atoms with van der Waals surface area (Å²) in [6.07, 6.45) is 2.09. The van der Waals surface area contributed by atoms with Gasteiger partial charge >= 0.3 is 0 Å². The maximum absolute atomic E-state index is 11.3. The molecule has 0 aliphatic heterocycles. The first-order valence-electron chi connectivity index (χ1n) is 4.89. The van der Waals surface area contributed by atoms with Crippen LogP contribution in [0.4, 0.5) is 0 Å². The molecule has 6 heteroatoms. The molecule has 1 saturated carbocycles. The number of nitrogens with one attached hydrogen (secondary N) is 1. The minimum Gasteiger partial charge on any atom is -0.379 e. The molecule has 0 saturated heterocycles. The molecule has 0 aromatic rings. The Morgan fingerprint density at radius 2 is 2.07 bits per heavy atom. The maximum atomic E-state index is 11.3. The molecule has 1 aliphatic carbocycles. The molecule has 3 N–H and O–H groups in total. The van der Waals surface area contributed by atoms with E-state index in [1.165, 1.54) is 0 Å². The van der Waals surface area contributed by atoms with E-state index in [-0.39, 0.29) is 5.75 Å². The first-order valence-corrected chi connectivity index (χ1v) is 6.54. The Morgan fingerprint density at radius 1 is 1.36 bits per heavy atom. The van der Waals surface area contributed by atoms with E-state index in [1.807, 2.05) is 0 Å². The lowest BCUT2D eigenvalue weighted by Crippen LogP contribution is -2.30. The number of rotatable bonds is 8. The summed E-state index contributed by atoms with van der Waals surface area (Å²) in [6.45, 7) is 1.68. The highest BCUT2D eigenvalue weighted by Crippen LogP contribution is 2.29. The third kappa shape index (κ3) is 5.54. The Hall–Kier alpha value is -0.170. The summed E-state index contributed by atoms with van der Waals surface area (Å²) in [7, 11) is -3.07. The van der Waals surface area contributed by atoms with Crippen LogP contribution >= 0.6 is 0 Å². The zero-order chi connectivity index (χ0) is 10.4. The van der Waals surface area contributed by atoms with E-state index < -0.39 is 10.0 Å². The SMILES string of the molecule is NCCOCCNS(=O)(=O)CC1CC1. The Balaban J connectivity index is 2.03. The van der Waals surface area contributed by atoms with Crippen molar-refractivity contribution in [3.05, 3.63) is 0 Å². The van der Waals surface area contributed by atoms with E-state index in [0.717, 1.165) is 12.8 Å². The minimum atomic E-state index is -3.07. The predicted octanol–water partition coefficient (Wildman–Crippen LogP) is -0.709. The molecule has 0 bridgehead atoms. The highest BCUT2D eigenvalue weighted by molar-refractivity contribution is 7.89. The third-order valence-electron chi connectivity index (χ3n) is 1.98. The minimum absolute atomic E-state index is 0.268. The Labute approximate surface area is 85.1 Å². The summed E-state index contributed by atoms with van der Waals surface area (Å²) >= 11 is 0. The second-order valence-electron chi connectivity index (χ2n) is 3.52. The van der Waals surface area contributed by atoms with Gasteiger partial charge in [0.2, 0.25) is 10.0 Å². The van der Waals surface area contributed by atoms with Crippen LogP contribution in [0.15, 0.2) is 0 Å². The van der Waals surface area contributed by atoms with Crippen molar-refractivity contribution < 1.29 is 13.2 Å². The molecular formula is C8H18N2O3S. The van der Waals surface area contributed by atoms with Gasteiger partial charge in [0.05, 0.1) is 19.0 Å². The molecule has 0 atom stereocenters. The fourth-order valence-corrected chi connectivity index (χ4v) is 2.57. The third-order valence-corrected chi connectivity index (χ3v) is 3.54. The van der Waals surface area contributed by atoms with Crippen molar-refractivity contribution in [2.24, 2.45) is 11.7 Å². The van der Waals surface area contributed by atoms with Gasteiger partial charge in [0, 0.05) is 13.1 Å². The average Bonchev–Trinajstić information content (AvgIpc) is 2.87. The van der Waals surface area contributed by atoms with Crippen LogP contribution in [0.25, 0.3) is 0 Å². The summed E-state index contributed by atoms with van der Waals surface area (Å²) in [5.41, 5.74) is 5.21. The molecule has 14 heavy (non-hydrogen) atoms.